The number of piperidine rings is 1. The minimum Gasteiger partial charge on any atom is -0.342 e. The van der Waals surface area contributed by atoms with Crippen LogP contribution in [0.2, 0.25) is 0 Å². The Kier molecular flexibility index (Phi) is 4.09. The van der Waals surface area contributed by atoms with E-state index in [1.165, 1.54) is 0 Å². The maximum atomic E-state index is 4.91. The second kappa shape index (κ2) is 7.07. The van der Waals surface area contributed by atoms with Gasteiger partial charge < -0.3 is 9.88 Å². The maximum absolute atomic E-state index is 4.91. The standard InChI is InChI=1S/C22H21N7O/c1-2-15(22-20(3-1)26-30-27-22)13-28-9-6-19-21(28)10-16(11-24-19)17-12-25-29(14-17)18-4-7-23-8-5-18/h1-3,6,9-12,14,18,23H,4-5,7-8,13H2. The molecule has 5 aromatic rings. The third-order valence-electron chi connectivity index (χ3n) is 5.95. The molecule has 1 N–H and O–H groups in total. The summed E-state index contributed by atoms with van der Waals surface area (Å²) in [6.07, 6.45) is 10.3. The summed E-state index contributed by atoms with van der Waals surface area (Å²) < 4.78 is 9.20. The van der Waals surface area contributed by atoms with Crippen LogP contribution in [0.15, 0.2) is 59.7 Å². The number of benzene rings is 1. The molecule has 0 bridgehead atoms. The second-order valence-electron chi connectivity index (χ2n) is 7.81. The highest BCUT2D eigenvalue weighted by atomic mass is 16.6. The van der Waals surface area contributed by atoms with Gasteiger partial charge in [-0.3, -0.25) is 9.67 Å². The summed E-state index contributed by atoms with van der Waals surface area (Å²) in [5, 5.41) is 16.0. The van der Waals surface area contributed by atoms with E-state index in [2.05, 4.69) is 59.5 Å². The lowest BCUT2D eigenvalue weighted by Gasteiger charge is -2.22. The van der Waals surface area contributed by atoms with Crippen LogP contribution in [0.3, 0.4) is 0 Å². The van der Waals surface area contributed by atoms with Crippen molar-refractivity contribution >= 4 is 22.1 Å². The Balaban J connectivity index is 1.34. The highest BCUT2D eigenvalue weighted by Crippen LogP contribution is 2.27. The molecule has 0 atom stereocenters. The predicted molar refractivity (Wildman–Crippen MR) is 113 cm³/mol. The predicted octanol–water partition coefficient (Wildman–Crippen LogP) is 3.41. The maximum Gasteiger partial charge on any atom is 0.140 e. The fourth-order valence-electron chi connectivity index (χ4n) is 4.29. The van der Waals surface area contributed by atoms with E-state index >= 15 is 0 Å². The van der Waals surface area contributed by atoms with Crippen LogP contribution in [0.1, 0.15) is 24.4 Å². The molecule has 1 saturated heterocycles. The van der Waals surface area contributed by atoms with Crippen molar-refractivity contribution in [1.82, 2.24) is 35.0 Å². The van der Waals surface area contributed by atoms with Gasteiger partial charge in [0.15, 0.2) is 0 Å². The van der Waals surface area contributed by atoms with Crippen LogP contribution < -0.4 is 5.32 Å². The first kappa shape index (κ1) is 17.3. The first-order valence-electron chi connectivity index (χ1n) is 10.3. The number of rotatable bonds is 4. The summed E-state index contributed by atoms with van der Waals surface area (Å²) in [5.41, 5.74) is 6.85. The lowest BCUT2D eigenvalue weighted by molar-refractivity contribution is 0.315. The molecule has 30 heavy (non-hydrogen) atoms. The minimum absolute atomic E-state index is 0.470. The Labute approximate surface area is 172 Å². The summed E-state index contributed by atoms with van der Waals surface area (Å²) >= 11 is 0. The highest BCUT2D eigenvalue weighted by Gasteiger charge is 2.16. The van der Waals surface area contributed by atoms with Crippen molar-refractivity contribution in [2.75, 3.05) is 13.1 Å². The Morgan fingerprint density at radius 2 is 1.97 bits per heavy atom. The fourth-order valence-corrected chi connectivity index (χ4v) is 4.29. The van der Waals surface area contributed by atoms with Crippen LogP contribution in [-0.2, 0) is 6.54 Å². The number of aromatic nitrogens is 6. The van der Waals surface area contributed by atoms with Gasteiger partial charge >= 0.3 is 0 Å². The van der Waals surface area contributed by atoms with Crippen molar-refractivity contribution in [2.45, 2.75) is 25.4 Å². The number of nitrogens with one attached hydrogen (secondary N) is 1. The SMILES string of the molecule is c1cc(Cn2ccc3ncc(-c4cnn(C5CCNCC5)c4)cc32)c2nonc2c1. The van der Waals surface area contributed by atoms with E-state index in [0.29, 0.717) is 12.6 Å². The number of nitrogens with zero attached hydrogens (tertiary/aromatic N) is 6. The van der Waals surface area contributed by atoms with E-state index in [1.54, 1.807) is 0 Å². The van der Waals surface area contributed by atoms with E-state index in [-0.39, 0.29) is 0 Å². The summed E-state index contributed by atoms with van der Waals surface area (Å²) in [6.45, 7) is 2.78. The molecule has 4 aromatic heterocycles. The van der Waals surface area contributed by atoms with Gasteiger partial charge in [0.05, 0.1) is 23.3 Å². The Bertz CT molecular complexity index is 1330. The molecule has 5 heterocycles. The molecule has 1 aliphatic heterocycles. The number of hydrogen-bond donors (Lipinski definition) is 1. The minimum atomic E-state index is 0.470. The van der Waals surface area contributed by atoms with E-state index in [4.69, 9.17) is 4.63 Å². The van der Waals surface area contributed by atoms with Crippen LogP contribution in [0, 0.1) is 0 Å². The molecular weight excluding hydrogens is 378 g/mol. The van der Waals surface area contributed by atoms with E-state index in [0.717, 1.165) is 64.7 Å². The largest absolute Gasteiger partial charge is 0.342 e. The van der Waals surface area contributed by atoms with Gasteiger partial charge in [-0.15, -0.1) is 0 Å². The van der Waals surface area contributed by atoms with Gasteiger partial charge in [-0.1, -0.05) is 12.1 Å². The van der Waals surface area contributed by atoms with Crippen LogP contribution in [0.25, 0.3) is 33.2 Å². The summed E-state index contributed by atoms with van der Waals surface area (Å²) in [7, 11) is 0. The highest BCUT2D eigenvalue weighted by molar-refractivity contribution is 5.82. The molecule has 0 unspecified atom stereocenters. The first-order valence-corrected chi connectivity index (χ1v) is 10.3. The molecule has 6 rings (SSSR count). The van der Waals surface area contributed by atoms with Crippen LogP contribution in [0.5, 0.6) is 0 Å². The molecule has 8 nitrogen and oxygen atoms in total. The summed E-state index contributed by atoms with van der Waals surface area (Å²) in [4.78, 5) is 4.68. The van der Waals surface area contributed by atoms with Crippen molar-refractivity contribution in [3.05, 3.63) is 60.7 Å². The zero-order valence-electron chi connectivity index (χ0n) is 16.4. The number of fused-ring (bicyclic) bond motifs is 2. The molecule has 0 aliphatic carbocycles. The monoisotopic (exact) mass is 399 g/mol. The number of hydrogen-bond acceptors (Lipinski definition) is 6. The average molecular weight is 399 g/mol. The molecule has 0 radical (unpaired) electrons. The van der Waals surface area contributed by atoms with Crippen molar-refractivity contribution in [1.29, 1.82) is 0 Å². The quantitative estimate of drug-likeness (QED) is 0.498. The van der Waals surface area contributed by atoms with Gasteiger partial charge in [0.2, 0.25) is 0 Å². The smallest absolute Gasteiger partial charge is 0.140 e. The zero-order chi connectivity index (χ0) is 19.9. The molecule has 1 fully saturated rings. The normalized spacial score (nSPS) is 15.3. The van der Waals surface area contributed by atoms with E-state index in [9.17, 15) is 0 Å². The van der Waals surface area contributed by atoms with E-state index in [1.807, 2.05) is 30.6 Å². The molecule has 150 valence electrons. The van der Waals surface area contributed by atoms with Gasteiger partial charge in [-0.2, -0.15) is 5.10 Å². The van der Waals surface area contributed by atoms with Crippen LogP contribution >= 0.6 is 0 Å². The van der Waals surface area contributed by atoms with Crippen molar-refractivity contribution in [3.63, 3.8) is 0 Å². The van der Waals surface area contributed by atoms with Crippen molar-refractivity contribution in [3.8, 4) is 11.1 Å². The van der Waals surface area contributed by atoms with Crippen LogP contribution in [0.4, 0.5) is 0 Å². The molecule has 0 spiro atoms. The van der Waals surface area contributed by atoms with Gasteiger partial charge in [0.1, 0.15) is 11.0 Å². The van der Waals surface area contributed by atoms with Gasteiger partial charge in [0.25, 0.3) is 0 Å². The molecule has 0 saturated carbocycles. The summed E-state index contributed by atoms with van der Waals surface area (Å²) in [6, 6.07) is 10.6. The lowest BCUT2D eigenvalue weighted by Crippen LogP contribution is -2.29. The first-order chi connectivity index (χ1) is 14.8. The van der Waals surface area contributed by atoms with Gasteiger partial charge in [-0.05, 0) is 54.4 Å². The third-order valence-corrected chi connectivity index (χ3v) is 5.95. The molecule has 1 aromatic carbocycles. The Morgan fingerprint density at radius 1 is 1.03 bits per heavy atom. The lowest BCUT2D eigenvalue weighted by atomic mass is 10.1. The molecule has 1 aliphatic rings. The molecule has 8 heteroatoms. The zero-order valence-corrected chi connectivity index (χ0v) is 16.4. The van der Waals surface area contributed by atoms with Crippen molar-refractivity contribution < 1.29 is 4.63 Å². The van der Waals surface area contributed by atoms with Gasteiger partial charge in [0, 0.05) is 41.8 Å². The van der Waals surface area contributed by atoms with Crippen LogP contribution in [-0.4, -0.2) is 42.7 Å². The molecular formula is C22H21N7O. The fraction of sp³-hybridized carbons (Fsp3) is 0.273. The third kappa shape index (κ3) is 2.96. The van der Waals surface area contributed by atoms with Gasteiger partial charge in [-0.25, -0.2) is 4.63 Å². The number of pyridine rings is 1. The Hall–Kier alpha value is -3.52. The topological polar surface area (TPSA) is 86.6 Å². The average Bonchev–Trinajstić information content (AvgIpc) is 3.54. The van der Waals surface area contributed by atoms with Crippen molar-refractivity contribution in [2.24, 2.45) is 0 Å². The van der Waals surface area contributed by atoms with E-state index < -0.39 is 0 Å². The second-order valence-corrected chi connectivity index (χ2v) is 7.81. The molecule has 0 amide bonds. The summed E-state index contributed by atoms with van der Waals surface area (Å²) in [5.74, 6) is 0. The Morgan fingerprint density at radius 3 is 2.90 bits per heavy atom.